The van der Waals surface area contributed by atoms with Crippen molar-refractivity contribution < 1.29 is 43.0 Å². The van der Waals surface area contributed by atoms with Crippen LogP contribution < -0.4 is 0 Å². The molecule has 0 saturated carbocycles. The number of benzene rings is 3. The minimum absolute atomic E-state index is 0.0110. The van der Waals surface area contributed by atoms with E-state index in [1.807, 2.05) is 12.1 Å². The van der Waals surface area contributed by atoms with E-state index in [-0.39, 0.29) is 50.1 Å². The van der Waals surface area contributed by atoms with Crippen LogP contribution in [-0.4, -0.2) is 76.4 Å². The molecule has 12 heteroatoms. The molecule has 3 aromatic carbocycles. The number of ether oxygens (including phenoxy) is 3. The monoisotopic (exact) mass is 627 g/mol. The third-order valence-corrected chi connectivity index (χ3v) is 7.80. The van der Waals surface area contributed by atoms with Crippen LogP contribution in [0.1, 0.15) is 57.5 Å². The normalized spacial score (nSPS) is 16.5. The number of nitrogens with zero attached hydrogens (tertiary/aromatic N) is 3. The van der Waals surface area contributed by atoms with Crippen LogP contribution in [0.4, 0.5) is 4.79 Å². The first-order chi connectivity index (χ1) is 22.3. The highest BCUT2D eigenvalue weighted by molar-refractivity contribution is 6.23. The van der Waals surface area contributed by atoms with Gasteiger partial charge in [0.25, 0.3) is 17.7 Å². The molecule has 46 heavy (non-hydrogen) atoms. The van der Waals surface area contributed by atoms with Gasteiger partial charge in [0.15, 0.2) is 6.04 Å². The number of esters is 2. The number of carbonyl (C=O) groups excluding carboxylic acids is 6. The molecule has 0 aliphatic carbocycles. The fraction of sp³-hybridized carbons (Fsp3) is 0.294. The SMILES string of the molecule is COC(=O)C1CCCN(C(=O)OCc2ccccc2)N1C(=O)C(CCC(=O)OCc1ccccc1)N1C(=O)c2ccccc2C1=O. The summed E-state index contributed by atoms with van der Waals surface area (Å²) in [5.41, 5.74) is 1.65. The van der Waals surface area contributed by atoms with Crippen molar-refractivity contribution in [1.82, 2.24) is 14.9 Å². The van der Waals surface area contributed by atoms with E-state index in [1.165, 1.54) is 12.1 Å². The Morgan fingerprint density at radius 1 is 0.783 bits per heavy atom. The van der Waals surface area contributed by atoms with E-state index in [2.05, 4.69) is 0 Å². The van der Waals surface area contributed by atoms with Gasteiger partial charge in [0, 0.05) is 13.0 Å². The molecule has 5 rings (SSSR count). The zero-order valence-electron chi connectivity index (χ0n) is 25.2. The van der Waals surface area contributed by atoms with E-state index < -0.39 is 47.8 Å². The molecule has 2 unspecified atom stereocenters. The van der Waals surface area contributed by atoms with Gasteiger partial charge in [-0.15, -0.1) is 0 Å². The van der Waals surface area contributed by atoms with Gasteiger partial charge in [-0.3, -0.25) is 24.1 Å². The number of methoxy groups -OCH3 is 1. The minimum Gasteiger partial charge on any atom is -0.467 e. The zero-order chi connectivity index (χ0) is 32.6. The Morgan fingerprint density at radius 2 is 1.33 bits per heavy atom. The molecule has 0 spiro atoms. The number of fused-ring (bicyclic) bond motifs is 1. The van der Waals surface area contributed by atoms with Gasteiger partial charge < -0.3 is 14.2 Å². The van der Waals surface area contributed by atoms with E-state index in [0.29, 0.717) is 12.0 Å². The number of amides is 4. The fourth-order valence-electron chi connectivity index (χ4n) is 5.50. The smallest absolute Gasteiger partial charge is 0.429 e. The maximum absolute atomic E-state index is 14.5. The van der Waals surface area contributed by atoms with Gasteiger partial charge >= 0.3 is 18.0 Å². The Balaban J connectivity index is 1.43. The standard InChI is InChI=1S/C34H33N3O9/c1-44-33(42)28-17-10-20-35(34(43)46-22-24-13-6-3-7-14-24)37(28)32(41)27(18-19-29(38)45-21-23-11-4-2-5-12-23)36-30(39)25-15-8-9-16-26(25)31(36)40/h2-9,11-16,27-28H,10,17-22H2,1H3. The first kappa shape index (κ1) is 31.9. The molecule has 0 aromatic heterocycles. The lowest BCUT2D eigenvalue weighted by atomic mass is 10.0. The van der Waals surface area contributed by atoms with Crippen molar-refractivity contribution in [3.63, 3.8) is 0 Å². The summed E-state index contributed by atoms with van der Waals surface area (Å²) >= 11 is 0. The molecule has 3 aromatic rings. The summed E-state index contributed by atoms with van der Waals surface area (Å²) in [6, 6.07) is 21.2. The third-order valence-electron chi connectivity index (χ3n) is 7.80. The summed E-state index contributed by atoms with van der Waals surface area (Å²) in [5, 5.41) is 1.90. The van der Waals surface area contributed by atoms with Crippen LogP contribution in [0.3, 0.4) is 0 Å². The number of rotatable bonds is 10. The zero-order valence-corrected chi connectivity index (χ0v) is 25.2. The van der Waals surface area contributed by atoms with E-state index in [0.717, 1.165) is 27.6 Å². The quantitative estimate of drug-likeness (QED) is 0.186. The van der Waals surface area contributed by atoms with Gasteiger partial charge in [0.05, 0.1) is 18.2 Å². The molecule has 0 radical (unpaired) electrons. The van der Waals surface area contributed by atoms with Crippen molar-refractivity contribution in [3.8, 4) is 0 Å². The Kier molecular flexibility index (Phi) is 10.1. The number of hydrogen-bond donors (Lipinski definition) is 0. The maximum atomic E-state index is 14.5. The topological polar surface area (TPSA) is 140 Å². The Labute approximate surface area is 265 Å². The molecule has 0 bridgehead atoms. The van der Waals surface area contributed by atoms with Crippen molar-refractivity contribution in [2.24, 2.45) is 0 Å². The molecule has 0 N–H and O–H groups in total. The highest BCUT2D eigenvalue weighted by Gasteiger charge is 2.49. The van der Waals surface area contributed by atoms with Crippen molar-refractivity contribution >= 4 is 35.8 Å². The predicted molar refractivity (Wildman–Crippen MR) is 161 cm³/mol. The van der Waals surface area contributed by atoms with E-state index >= 15 is 0 Å². The van der Waals surface area contributed by atoms with E-state index in [1.54, 1.807) is 60.7 Å². The molecule has 238 valence electrons. The summed E-state index contributed by atoms with van der Waals surface area (Å²) in [6.07, 6.45) is -1.09. The van der Waals surface area contributed by atoms with Crippen molar-refractivity contribution in [1.29, 1.82) is 0 Å². The van der Waals surface area contributed by atoms with Crippen molar-refractivity contribution in [2.75, 3.05) is 13.7 Å². The molecule has 2 heterocycles. The van der Waals surface area contributed by atoms with E-state index in [9.17, 15) is 28.8 Å². The lowest BCUT2D eigenvalue weighted by Crippen LogP contribution is -2.64. The van der Waals surface area contributed by atoms with Gasteiger partial charge in [-0.2, -0.15) is 0 Å². The molecule has 1 saturated heterocycles. The largest absolute Gasteiger partial charge is 0.467 e. The maximum Gasteiger partial charge on any atom is 0.429 e. The van der Waals surface area contributed by atoms with Crippen LogP contribution in [-0.2, 0) is 41.8 Å². The molecule has 4 amide bonds. The van der Waals surface area contributed by atoms with Crippen LogP contribution in [0.2, 0.25) is 0 Å². The van der Waals surface area contributed by atoms with Crippen LogP contribution >= 0.6 is 0 Å². The average Bonchev–Trinajstić information content (AvgIpc) is 3.35. The molecule has 2 aliphatic heterocycles. The van der Waals surface area contributed by atoms with Crippen molar-refractivity contribution in [3.05, 3.63) is 107 Å². The third kappa shape index (κ3) is 6.90. The first-order valence-electron chi connectivity index (χ1n) is 14.9. The molecule has 1 fully saturated rings. The average molecular weight is 628 g/mol. The van der Waals surface area contributed by atoms with Crippen LogP contribution in [0, 0.1) is 0 Å². The lowest BCUT2D eigenvalue weighted by molar-refractivity contribution is -0.175. The Bertz CT molecular complexity index is 1580. The van der Waals surface area contributed by atoms with Crippen LogP contribution in [0.25, 0.3) is 0 Å². The second kappa shape index (κ2) is 14.5. The molecular weight excluding hydrogens is 594 g/mol. The molecule has 12 nitrogen and oxygen atoms in total. The van der Waals surface area contributed by atoms with Crippen LogP contribution in [0.15, 0.2) is 84.9 Å². The number of imide groups is 1. The van der Waals surface area contributed by atoms with Gasteiger partial charge in [-0.25, -0.2) is 19.6 Å². The summed E-state index contributed by atoms with van der Waals surface area (Å²) in [4.78, 5) is 81.6. The van der Waals surface area contributed by atoms with E-state index in [4.69, 9.17) is 14.2 Å². The molecule has 2 aliphatic rings. The number of carbonyl (C=O) groups is 6. The highest BCUT2D eigenvalue weighted by Crippen LogP contribution is 2.30. The Morgan fingerprint density at radius 3 is 1.89 bits per heavy atom. The minimum atomic E-state index is -1.56. The summed E-state index contributed by atoms with van der Waals surface area (Å²) in [5.74, 6) is -3.85. The fourth-order valence-corrected chi connectivity index (χ4v) is 5.50. The summed E-state index contributed by atoms with van der Waals surface area (Å²) in [7, 11) is 1.15. The van der Waals surface area contributed by atoms with Gasteiger partial charge in [0.1, 0.15) is 19.3 Å². The molecule has 2 atom stereocenters. The number of hydrogen-bond acceptors (Lipinski definition) is 9. The van der Waals surface area contributed by atoms with Gasteiger partial charge in [-0.1, -0.05) is 72.8 Å². The lowest BCUT2D eigenvalue weighted by Gasteiger charge is -2.43. The predicted octanol–water partition coefficient (Wildman–Crippen LogP) is 3.89. The first-order valence-corrected chi connectivity index (χ1v) is 14.9. The van der Waals surface area contributed by atoms with Gasteiger partial charge in [0.2, 0.25) is 0 Å². The second-order valence-corrected chi connectivity index (χ2v) is 10.8. The molecular formula is C34H33N3O9. The highest BCUT2D eigenvalue weighted by atomic mass is 16.6. The Hall–Kier alpha value is -5.52. The summed E-state index contributed by atoms with van der Waals surface area (Å²) < 4.78 is 15.8. The van der Waals surface area contributed by atoms with Crippen LogP contribution in [0.5, 0.6) is 0 Å². The summed E-state index contributed by atoms with van der Waals surface area (Å²) in [6.45, 7) is -0.0973. The van der Waals surface area contributed by atoms with Crippen molar-refractivity contribution in [2.45, 2.75) is 51.0 Å². The number of hydrazine groups is 1. The second-order valence-electron chi connectivity index (χ2n) is 10.8. The van der Waals surface area contributed by atoms with Gasteiger partial charge in [-0.05, 0) is 42.5 Å².